The predicted molar refractivity (Wildman–Crippen MR) is 73.3 cm³/mol. The third-order valence-electron chi connectivity index (χ3n) is 3.71. The maximum atomic E-state index is 11.5. The molecule has 2 N–H and O–H groups in total. The molecule has 1 aromatic carbocycles. The van der Waals surface area contributed by atoms with Crippen LogP contribution in [0.2, 0.25) is 0 Å². The van der Waals surface area contributed by atoms with Crippen molar-refractivity contribution in [3.63, 3.8) is 0 Å². The van der Waals surface area contributed by atoms with Crippen LogP contribution in [0, 0.1) is 0 Å². The first kappa shape index (κ1) is 13.9. The minimum Gasteiger partial charge on any atom is -0.496 e. The molecule has 4 heteroatoms. The molecule has 2 unspecified atom stereocenters. The predicted octanol–water partition coefficient (Wildman–Crippen LogP) is 2.01. The zero-order valence-corrected chi connectivity index (χ0v) is 11.5. The monoisotopic (exact) mass is 263 g/mol. The fraction of sp³-hybridized carbons (Fsp3) is 0.533. The Kier molecular flexibility index (Phi) is 4.43. The molecule has 0 radical (unpaired) electrons. The molecule has 0 amide bonds. The first-order chi connectivity index (χ1) is 9.17. The minimum absolute atomic E-state index is 0.0562. The summed E-state index contributed by atoms with van der Waals surface area (Å²) < 4.78 is 10.3. The Morgan fingerprint density at radius 3 is 2.95 bits per heavy atom. The molecule has 19 heavy (non-hydrogen) atoms. The number of methoxy groups -OCH3 is 1. The molecule has 104 valence electrons. The fourth-order valence-corrected chi connectivity index (χ4v) is 2.82. The number of esters is 1. The van der Waals surface area contributed by atoms with Crippen LogP contribution in [0.3, 0.4) is 0 Å². The topological polar surface area (TPSA) is 61.5 Å². The van der Waals surface area contributed by atoms with E-state index in [2.05, 4.69) is 6.07 Å². The quantitative estimate of drug-likeness (QED) is 0.825. The van der Waals surface area contributed by atoms with Crippen molar-refractivity contribution in [3.05, 3.63) is 29.3 Å². The van der Waals surface area contributed by atoms with E-state index in [0.717, 1.165) is 18.6 Å². The third kappa shape index (κ3) is 2.89. The maximum absolute atomic E-state index is 11.5. The van der Waals surface area contributed by atoms with Gasteiger partial charge in [0, 0.05) is 18.4 Å². The van der Waals surface area contributed by atoms with Crippen LogP contribution in [0.1, 0.15) is 36.8 Å². The van der Waals surface area contributed by atoms with Crippen molar-refractivity contribution in [2.75, 3.05) is 13.7 Å². The molecule has 0 saturated heterocycles. The van der Waals surface area contributed by atoms with Crippen LogP contribution in [-0.4, -0.2) is 25.7 Å². The number of ether oxygens (including phenoxy) is 2. The average Bonchev–Trinajstić information content (AvgIpc) is 2.72. The van der Waals surface area contributed by atoms with Crippen LogP contribution in [0.25, 0.3) is 0 Å². The Bertz CT molecular complexity index is 459. The molecular formula is C15H21NO3. The lowest BCUT2D eigenvalue weighted by atomic mass is 9.93. The van der Waals surface area contributed by atoms with Gasteiger partial charge in [-0.1, -0.05) is 12.1 Å². The Labute approximate surface area is 113 Å². The van der Waals surface area contributed by atoms with Gasteiger partial charge in [0.15, 0.2) is 0 Å². The smallest absolute Gasteiger partial charge is 0.305 e. The lowest BCUT2D eigenvalue weighted by molar-refractivity contribution is -0.143. The van der Waals surface area contributed by atoms with Gasteiger partial charge in [-0.3, -0.25) is 4.79 Å². The van der Waals surface area contributed by atoms with Gasteiger partial charge in [-0.2, -0.15) is 0 Å². The van der Waals surface area contributed by atoms with Crippen molar-refractivity contribution < 1.29 is 14.3 Å². The van der Waals surface area contributed by atoms with Gasteiger partial charge in [-0.25, -0.2) is 0 Å². The molecule has 2 rings (SSSR count). The number of benzene rings is 1. The first-order valence-electron chi connectivity index (χ1n) is 6.74. The SMILES string of the molecule is CCOC(=O)CCC1c2cccc(OC)c2CC1N. The average molecular weight is 263 g/mol. The van der Waals surface area contributed by atoms with E-state index in [4.69, 9.17) is 15.2 Å². The van der Waals surface area contributed by atoms with E-state index in [9.17, 15) is 4.79 Å². The summed E-state index contributed by atoms with van der Waals surface area (Å²) in [6.45, 7) is 2.25. The fourth-order valence-electron chi connectivity index (χ4n) is 2.82. The van der Waals surface area contributed by atoms with Crippen LogP contribution in [-0.2, 0) is 16.0 Å². The molecule has 0 aromatic heterocycles. The van der Waals surface area contributed by atoms with Crippen LogP contribution in [0.5, 0.6) is 5.75 Å². The van der Waals surface area contributed by atoms with Crippen molar-refractivity contribution in [1.82, 2.24) is 0 Å². The number of hydrogen-bond acceptors (Lipinski definition) is 4. The summed E-state index contributed by atoms with van der Waals surface area (Å²) in [6.07, 6.45) is 1.97. The Balaban J connectivity index is 2.10. The minimum atomic E-state index is -0.147. The molecule has 2 atom stereocenters. The number of rotatable bonds is 5. The number of fused-ring (bicyclic) bond motifs is 1. The van der Waals surface area contributed by atoms with E-state index in [0.29, 0.717) is 13.0 Å². The molecule has 0 aliphatic heterocycles. The first-order valence-corrected chi connectivity index (χ1v) is 6.74. The van der Waals surface area contributed by atoms with Gasteiger partial charge in [0.05, 0.1) is 13.7 Å². The highest BCUT2D eigenvalue weighted by Gasteiger charge is 2.32. The van der Waals surface area contributed by atoms with E-state index in [-0.39, 0.29) is 17.9 Å². The van der Waals surface area contributed by atoms with Crippen molar-refractivity contribution in [3.8, 4) is 5.75 Å². The molecule has 0 spiro atoms. The molecule has 0 fully saturated rings. The normalized spacial score (nSPS) is 21.0. The van der Waals surface area contributed by atoms with Crippen molar-refractivity contribution in [2.45, 2.75) is 38.1 Å². The Morgan fingerprint density at radius 1 is 1.47 bits per heavy atom. The molecule has 0 saturated carbocycles. The van der Waals surface area contributed by atoms with Gasteiger partial charge in [-0.15, -0.1) is 0 Å². The highest BCUT2D eigenvalue weighted by atomic mass is 16.5. The van der Waals surface area contributed by atoms with E-state index in [1.54, 1.807) is 7.11 Å². The van der Waals surface area contributed by atoms with Gasteiger partial charge < -0.3 is 15.2 Å². The maximum Gasteiger partial charge on any atom is 0.305 e. The Morgan fingerprint density at radius 2 is 2.26 bits per heavy atom. The summed E-state index contributed by atoms with van der Waals surface area (Å²) in [5, 5.41) is 0. The third-order valence-corrected chi connectivity index (χ3v) is 3.71. The summed E-state index contributed by atoms with van der Waals surface area (Å²) in [5.74, 6) is 0.965. The zero-order chi connectivity index (χ0) is 13.8. The summed E-state index contributed by atoms with van der Waals surface area (Å²) in [7, 11) is 1.67. The van der Waals surface area contributed by atoms with Crippen LogP contribution in [0.15, 0.2) is 18.2 Å². The molecular weight excluding hydrogens is 242 g/mol. The van der Waals surface area contributed by atoms with Crippen LogP contribution < -0.4 is 10.5 Å². The number of carbonyl (C=O) groups excluding carboxylic acids is 1. The largest absolute Gasteiger partial charge is 0.496 e. The summed E-state index contributed by atoms with van der Waals surface area (Å²) in [5.41, 5.74) is 8.61. The van der Waals surface area contributed by atoms with Gasteiger partial charge in [-0.05, 0) is 37.0 Å². The molecule has 1 aliphatic rings. The van der Waals surface area contributed by atoms with E-state index >= 15 is 0 Å². The lowest BCUT2D eigenvalue weighted by Crippen LogP contribution is -2.25. The van der Waals surface area contributed by atoms with Crippen molar-refractivity contribution in [2.24, 2.45) is 5.73 Å². The zero-order valence-electron chi connectivity index (χ0n) is 11.5. The molecule has 0 heterocycles. The number of hydrogen-bond donors (Lipinski definition) is 1. The Hall–Kier alpha value is -1.55. The second-order valence-corrected chi connectivity index (χ2v) is 4.85. The highest BCUT2D eigenvalue weighted by molar-refractivity contribution is 5.69. The summed E-state index contributed by atoms with van der Waals surface area (Å²) in [6, 6.07) is 6.08. The van der Waals surface area contributed by atoms with Gasteiger partial charge in [0.2, 0.25) is 0 Å². The standard InChI is InChI=1S/C15H21NO3/c1-3-19-15(17)8-7-11-10-5-4-6-14(18-2)12(10)9-13(11)16/h4-6,11,13H,3,7-9,16H2,1-2H3. The van der Waals surface area contributed by atoms with Gasteiger partial charge in [0.1, 0.15) is 5.75 Å². The molecule has 1 aromatic rings. The second kappa shape index (κ2) is 6.06. The van der Waals surface area contributed by atoms with Gasteiger partial charge in [0.25, 0.3) is 0 Å². The van der Waals surface area contributed by atoms with Crippen LogP contribution in [0.4, 0.5) is 0 Å². The number of nitrogens with two attached hydrogens (primary N) is 1. The van der Waals surface area contributed by atoms with Crippen LogP contribution >= 0.6 is 0 Å². The summed E-state index contributed by atoms with van der Waals surface area (Å²) in [4.78, 5) is 11.5. The van der Waals surface area contributed by atoms with Crippen molar-refractivity contribution >= 4 is 5.97 Å². The van der Waals surface area contributed by atoms with Gasteiger partial charge >= 0.3 is 5.97 Å². The molecule has 0 bridgehead atoms. The summed E-state index contributed by atoms with van der Waals surface area (Å²) >= 11 is 0. The van der Waals surface area contributed by atoms with Crippen molar-refractivity contribution in [1.29, 1.82) is 0 Å². The second-order valence-electron chi connectivity index (χ2n) is 4.85. The lowest BCUT2D eigenvalue weighted by Gasteiger charge is -2.16. The number of carbonyl (C=O) groups is 1. The van der Waals surface area contributed by atoms with E-state index in [1.807, 2.05) is 19.1 Å². The molecule has 1 aliphatic carbocycles. The van der Waals surface area contributed by atoms with E-state index in [1.165, 1.54) is 11.1 Å². The molecule has 4 nitrogen and oxygen atoms in total. The highest BCUT2D eigenvalue weighted by Crippen LogP contribution is 2.39. The van der Waals surface area contributed by atoms with E-state index < -0.39 is 0 Å².